The first-order valence-corrected chi connectivity index (χ1v) is 8.61. The number of amides is 1. The Hall–Kier alpha value is -0.940. The lowest BCUT2D eigenvalue weighted by molar-refractivity contribution is 0.0738. The maximum absolute atomic E-state index is 12.8. The van der Waals surface area contributed by atoms with Crippen LogP contribution in [0.2, 0.25) is 0 Å². The van der Waals surface area contributed by atoms with E-state index >= 15 is 0 Å². The second-order valence-corrected chi connectivity index (χ2v) is 8.26. The highest BCUT2D eigenvalue weighted by Crippen LogP contribution is 2.31. The molecule has 1 amide bonds. The number of thiazole rings is 1. The van der Waals surface area contributed by atoms with Gasteiger partial charge in [-0.2, -0.15) is 0 Å². The summed E-state index contributed by atoms with van der Waals surface area (Å²) in [4.78, 5) is 20.4. The van der Waals surface area contributed by atoms with Crippen LogP contribution in [0.5, 0.6) is 0 Å². The van der Waals surface area contributed by atoms with Crippen molar-refractivity contribution in [2.24, 2.45) is 5.92 Å². The summed E-state index contributed by atoms with van der Waals surface area (Å²) in [6.45, 7) is 14.1. The van der Waals surface area contributed by atoms with Crippen molar-refractivity contribution in [1.29, 1.82) is 0 Å². The average molecular weight is 309 g/mol. The van der Waals surface area contributed by atoms with E-state index < -0.39 is 0 Å². The van der Waals surface area contributed by atoms with Crippen LogP contribution in [0.1, 0.15) is 55.0 Å². The third-order valence-corrected chi connectivity index (χ3v) is 4.63. The fraction of sp³-hybridized carbons (Fsp3) is 0.750. The molecule has 1 aliphatic heterocycles. The molecular weight excluding hydrogens is 282 g/mol. The number of aromatic nitrogens is 1. The summed E-state index contributed by atoms with van der Waals surface area (Å²) in [5.74, 6) is 0.722. The Bertz CT molecular complexity index is 496. The molecule has 21 heavy (non-hydrogen) atoms. The number of hydrogen-bond donors (Lipinski definition) is 1. The van der Waals surface area contributed by atoms with Crippen LogP contribution in [-0.4, -0.2) is 42.0 Å². The lowest BCUT2D eigenvalue weighted by Crippen LogP contribution is -2.46. The van der Waals surface area contributed by atoms with E-state index in [0.717, 1.165) is 48.2 Å². The molecule has 1 aliphatic rings. The maximum atomic E-state index is 12.8. The fourth-order valence-electron chi connectivity index (χ4n) is 2.47. The third kappa shape index (κ3) is 4.04. The van der Waals surface area contributed by atoms with Crippen LogP contribution in [0.25, 0.3) is 0 Å². The molecular formula is C16H27N3OS. The van der Waals surface area contributed by atoms with Crippen molar-refractivity contribution in [3.05, 3.63) is 15.6 Å². The van der Waals surface area contributed by atoms with E-state index in [1.54, 1.807) is 11.3 Å². The molecule has 1 fully saturated rings. The van der Waals surface area contributed by atoms with Crippen molar-refractivity contribution in [1.82, 2.24) is 15.2 Å². The topological polar surface area (TPSA) is 45.2 Å². The zero-order chi connectivity index (χ0) is 15.6. The highest BCUT2D eigenvalue weighted by atomic mass is 32.1. The molecule has 2 rings (SSSR count). The minimum Gasteiger partial charge on any atom is -0.335 e. The van der Waals surface area contributed by atoms with Crippen molar-refractivity contribution in [2.75, 3.05) is 26.2 Å². The highest BCUT2D eigenvalue weighted by Gasteiger charge is 2.30. The van der Waals surface area contributed by atoms with Crippen LogP contribution in [0.15, 0.2) is 0 Å². The largest absolute Gasteiger partial charge is 0.335 e. The van der Waals surface area contributed by atoms with E-state index in [4.69, 9.17) is 4.98 Å². The quantitative estimate of drug-likeness (QED) is 0.933. The molecule has 118 valence electrons. The molecule has 1 aromatic heterocycles. The van der Waals surface area contributed by atoms with E-state index in [1.165, 1.54) is 0 Å². The summed E-state index contributed by atoms with van der Waals surface area (Å²) >= 11 is 1.59. The van der Waals surface area contributed by atoms with Gasteiger partial charge in [-0.25, -0.2) is 4.98 Å². The van der Waals surface area contributed by atoms with E-state index in [1.807, 2.05) is 4.90 Å². The molecule has 0 spiro atoms. The van der Waals surface area contributed by atoms with Gasteiger partial charge >= 0.3 is 0 Å². The first kappa shape index (κ1) is 16.4. The molecule has 0 radical (unpaired) electrons. The lowest BCUT2D eigenvalue weighted by Gasteiger charge is -2.28. The first-order chi connectivity index (χ1) is 9.79. The van der Waals surface area contributed by atoms with E-state index in [2.05, 4.69) is 39.9 Å². The summed E-state index contributed by atoms with van der Waals surface area (Å²) < 4.78 is 0. The molecule has 2 heterocycles. The van der Waals surface area contributed by atoms with Crippen molar-refractivity contribution < 1.29 is 4.79 Å². The van der Waals surface area contributed by atoms with Gasteiger partial charge in [-0.3, -0.25) is 4.79 Å². The second-order valence-electron chi connectivity index (χ2n) is 7.18. The molecule has 1 saturated heterocycles. The zero-order valence-corrected chi connectivity index (χ0v) is 14.6. The Morgan fingerprint density at radius 1 is 1.33 bits per heavy atom. The van der Waals surface area contributed by atoms with Crippen LogP contribution in [-0.2, 0) is 11.8 Å². The Kier molecular flexibility index (Phi) is 5.04. The van der Waals surface area contributed by atoms with Gasteiger partial charge in [-0.1, -0.05) is 34.6 Å². The van der Waals surface area contributed by atoms with Crippen LogP contribution in [0.4, 0.5) is 0 Å². The van der Waals surface area contributed by atoms with E-state index in [0.29, 0.717) is 5.92 Å². The molecule has 0 aromatic carbocycles. The van der Waals surface area contributed by atoms with Gasteiger partial charge in [-0.15, -0.1) is 11.3 Å². The number of rotatable bonds is 3. The van der Waals surface area contributed by atoms with Gasteiger partial charge in [0.15, 0.2) is 0 Å². The Morgan fingerprint density at radius 2 is 1.95 bits per heavy atom. The molecule has 0 saturated carbocycles. The van der Waals surface area contributed by atoms with E-state index in [-0.39, 0.29) is 11.3 Å². The van der Waals surface area contributed by atoms with Crippen molar-refractivity contribution in [3.8, 4) is 0 Å². The molecule has 1 N–H and O–H groups in total. The molecule has 1 aromatic rings. The molecule has 0 atom stereocenters. The van der Waals surface area contributed by atoms with Gasteiger partial charge in [0, 0.05) is 38.0 Å². The summed E-state index contributed by atoms with van der Waals surface area (Å²) in [6, 6.07) is 0. The minimum atomic E-state index is -0.0925. The summed E-state index contributed by atoms with van der Waals surface area (Å²) in [5.41, 5.74) is 0.872. The standard InChI is InChI=1S/C16H27N3OS/c1-11(2)10-12-18-14(16(3,4)5)13(21-12)15(20)19-8-6-17-7-9-19/h11,17H,6-10H2,1-5H3. The molecule has 4 nitrogen and oxygen atoms in total. The average Bonchev–Trinajstić information content (AvgIpc) is 2.82. The van der Waals surface area contributed by atoms with Gasteiger partial charge in [0.1, 0.15) is 4.88 Å². The Labute approximate surface area is 132 Å². The number of piperazine rings is 1. The fourth-order valence-corrected chi connectivity index (χ4v) is 3.92. The van der Waals surface area contributed by atoms with Gasteiger partial charge in [0.2, 0.25) is 0 Å². The molecule has 0 unspecified atom stereocenters. The predicted octanol–water partition coefficient (Wildman–Crippen LogP) is 2.68. The number of carbonyl (C=O) groups is 1. The van der Waals surface area contributed by atoms with Gasteiger partial charge in [0.05, 0.1) is 10.7 Å². The van der Waals surface area contributed by atoms with Crippen LogP contribution in [0, 0.1) is 5.92 Å². The highest BCUT2D eigenvalue weighted by molar-refractivity contribution is 7.13. The zero-order valence-electron chi connectivity index (χ0n) is 13.8. The van der Waals surface area contributed by atoms with Crippen LogP contribution >= 0.6 is 11.3 Å². The number of carbonyl (C=O) groups excluding carboxylic acids is 1. The first-order valence-electron chi connectivity index (χ1n) is 7.79. The number of nitrogens with one attached hydrogen (secondary N) is 1. The normalized spacial score (nSPS) is 16.6. The summed E-state index contributed by atoms with van der Waals surface area (Å²) in [5, 5.41) is 4.38. The van der Waals surface area contributed by atoms with Crippen molar-refractivity contribution in [2.45, 2.75) is 46.5 Å². The summed E-state index contributed by atoms with van der Waals surface area (Å²) in [7, 11) is 0. The van der Waals surface area contributed by atoms with Crippen molar-refractivity contribution >= 4 is 17.2 Å². The maximum Gasteiger partial charge on any atom is 0.265 e. The summed E-state index contributed by atoms with van der Waals surface area (Å²) in [6.07, 6.45) is 0.947. The van der Waals surface area contributed by atoms with Gasteiger partial charge < -0.3 is 10.2 Å². The Balaban J connectivity index is 2.31. The minimum absolute atomic E-state index is 0.0925. The smallest absolute Gasteiger partial charge is 0.265 e. The van der Waals surface area contributed by atoms with E-state index in [9.17, 15) is 4.79 Å². The monoisotopic (exact) mass is 309 g/mol. The molecule has 0 bridgehead atoms. The second kappa shape index (κ2) is 6.44. The van der Waals surface area contributed by atoms with Crippen molar-refractivity contribution in [3.63, 3.8) is 0 Å². The number of nitrogens with zero attached hydrogens (tertiary/aromatic N) is 2. The molecule has 5 heteroatoms. The Morgan fingerprint density at radius 3 is 2.48 bits per heavy atom. The van der Waals surface area contributed by atoms with Crippen LogP contribution in [0.3, 0.4) is 0 Å². The SMILES string of the molecule is CC(C)Cc1nc(C(C)(C)C)c(C(=O)N2CCNCC2)s1. The third-order valence-electron chi connectivity index (χ3n) is 3.56. The molecule has 0 aliphatic carbocycles. The lowest BCUT2D eigenvalue weighted by atomic mass is 9.91. The van der Waals surface area contributed by atoms with Gasteiger partial charge in [-0.05, 0) is 5.92 Å². The number of hydrogen-bond acceptors (Lipinski definition) is 4. The van der Waals surface area contributed by atoms with Crippen LogP contribution < -0.4 is 5.32 Å². The predicted molar refractivity (Wildman–Crippen MR) is 88.1 cm³/mol. The van der Waals surface area contributed by atoms with Gasteiger partial charge in [0.25, 0.3) is 5.91 Å².